The monoisotopic (exact) mass is 333 g/mol. The minimum Gasteiger partial charge on any atom is -0.349 e. The number of hydrogen-bond acceptors (Lipinski definition) is 4. The van der Waals surface area contributed by atoms with Gasteiger partial charge in [0.1, 0.15) is 5.82 Å². The Labute approximate surface area is 131 Å². The number of aromatic nitrogens is 3. The lowest BCUT2D eigenvalue weighted by Crippen LogP contribution is -2.29. The van der Waals surface area contributed by atoms with E-state index in [1.807, 2.05) is 0 Å². The Morgan fingerprint density at radius 2 is 2.24 bits per heavy atom. The van der Waals surface area contributed by atoms with Crippen molar-refractivity contribution in [2.75, 3.05) is 13.1 Å². The molecule has 0 saturated heterocycles. The maximum absolute atomic E-state index is 13.1. The van der Waals surface area contributed by atoms with Crippen molar-refractivity contribution < 1.29 is 9.18 Å². The first kappa shape index (κ1) is 17.4. The molecule has 0 fully saturated rings. The van der Waals surface area contributed by atoms with Gasteiger partial charge in [-0.1, -0.05) is 16.8 Å². The quantitative estimate of drug-likeness (QED) is 0.887. The van der Waals surface area contributed by atoms with E-state index in [1.165, 1.54) is 22.9 Å². The highest BCUT2D eigenvalue weighted by Crippen LogP contribution is 2.19. The fraction of sp³-hybridized carbons (Fsp3) is 0.250. The predicted molar refractivity (Wildman–Crippen MR) is 79.7 cm³/mol. The van der Waals surface area contributed by atoms with Crippen LogP contribution in [0.15, 0.2) is 18.2 Å². The molecule has 114 valence electrons. The van der Waals surface area contributed by atoms with Crippen LogP contribution in [0.25, 0.3) is 5.69 Å². The van der Waals surface area contributed by atoms with Gasteiger partial charge in [0.15, 0.2) is 5.69 Å². The molecule has 2 aromatic rings. The van der Waals surface area contributed by atoms with E-state index in [0.717, 1.165) is 0 Å². The molecule has 1 heterocycles. The molecular weight excluding hydrogens is 320 g/mol. The van der Waals surface area contributed by atoms with Crippen molar-refractivity contribution in [2.24, 2.45) is 5.73 Å². The number of nitrogens with one attached hydrogen (secondary N) is 1. The Morgan fingerprint density at radius 1 is 1.52 bits per heavy atom. The Morgan fingerprint density at radius 3 is 2.86 bits per heavy atom. The first-order valence-corrected chi connectivity index (χ1v) is 6.28. The number of hydrogen-bond donors (Lipinski definition) is 2. The maximum Gasteiger partial charge on any atom is 0.273 e. The number of nitrogens with zero attached hydrogens (tertiary/aromatic N) is 3. The molecule has 1 aromatic carbocycles. The van der Waals surface area contributed by atoms with Gasteiger partial charge in [-0.25, -0.2) is 9.07 Å². The summed E-state index contributed by atoms with van der Waals surface area (Å²) in [6.45, 7) is 2.38. The molecule has 0 aliphatic rings. The highest BCUT2D eigenvalue weighted by molar-refractivity contribution is 6.30. The lowest BCUT2D eigenvalue weighted by molar-refractivity contribution is 0.0949. The summed E-state index contributed by atoms with van der Waals surface area (Å²) in [4.78, 5) is 11.8. The summed E-state index contributed by atoms with van der Waals surface area (Å²) in [6, 6.07) is 4.15. The summed E-state index contributed by atoms with van der Waals surface area (Å²) in [5.41, 5.74) is 6.56. The van der Waals surface area contributed by atoms with Gasteiger partial charge in [0.05, 0.1) is 16.4 Å². The van der Waals surface area contributed by atoms with E-state index in [2.05, 4.69) is 15.6 Å². The van der Waals surface area contributed by atoms with Gasteiger partial charge >= 0.3 is 0 Å². The second kappa shape index (κ2) is 7.35. The van der Waals surface area contributed by atoms with Crippen LogP contribution in [0.2, 0.25) is 5.02 Å². The Hall–Kier alpha value is -1.70. The Kier molecular flexibility index (Phi) is 6.07. The molecule has 0 aliphatic heterocycles. The van der Waals surface area contributed by atoms with E-state index in [9.17, 15) is 9.18 Å². The lowest BCUT2D eigenvalue weighted by Gasteiger charge is -2.05. The molecule has 0 saturated carbocycles. The van der Waals surface area contributed by atoms with E-state index >= 15 is 0 Å². The third-order valence-corrected chi connectivity index (χ3v) is 2.98. The number of halogens is 3. The third kappa shape index (κ3) is 3.69. The van der Waals surface area contributed by atoms with Crippen LogP contribution in [-0.4, -0.2) is 34.0 Å². The van der Waals surface area contributed by atoms with Gasteiger partial charge in [-0.3, -0.25) is 4.79 Å². The fourth-order valence-electron chi connectivity index (χ4n) is 1.67. The molecule has 0 atom stereocenters. The van der Waals surface area contributed by atoms with E-state index in [-0.39, 0.29) is 29.0 Å². The standard InChI is InChI=1S/C12H13ClFN5O.ClH/c1-7-11(12(20)16-5-4-15)17-18-19(7)8-2-3-10(14)9(13)6-8;/h2-3,6H,4-5,15H2,1H3,(H,16,20);1H. The highest BCUT2D eigenvalue weighted by atomic mass is 35.5. The molecular formula is C12H14Cl2FN5O. The van der Waals surface area contributed by atoms with Crippen molar-refractivity contribution in [3.05, 3.63) is 40.4 Å². The van der Waals surface area contributed by atoms with Crippen LogP contribution in [-0.2, 0) is 0 Å². The molecule has 21 heavy (non-hydrogen) atoms. The van der Waals surface area contributed by atoms with Crippen LogP contribution in [0, 0.1) is 12.7 Å². The molecule has 1 aromatic heterocycles. The van der Waals surface area contributed by atoms with Gasteiger partial charge in [0, 0.05) is 13.1 Å². The number of rotatable bonds is 4. The van der Waals surface area contributed by atoms with Crippen LogP contribution in [0.5, 0.6) is 0 Å². The summed E-state index contributed by atoms with van der Waals surface area (Å²) in [7, 11) is 0. The molecule has 2 rings (SSSR count). The third-order valence-electron chi connectivity index (χ3n) is 2.69. The number of amides is 1. The van der Waals surface area contributed by atoms with Gasteiger partial charge in [-0.15, -0.1) is 17.5 Å². The van der Waals surface area contributed by atoms with Gasteiger partial charge in [-0.05, 0) is 25.1 Å². The minimum absolute atomic E-state index is 0. The number of nitrogens with two attached hydrogens (primary N) is 1. The molecule has 0 unspecified atom stereocenters. The van der Waals surface area contributed by atoms with Crippen molar-refractivity contribution in [1.82, 2.24) is 20.3 Å². The first-order chi connectivity index (χ1) is 9.54. The van der Waals surface area contributed by atoms with Gasteiger partial charge in [0.2, 0.25) is 0 Å². The van der Waals surface area contributed by atoms with Crippen LogP contribution in [0.4, 0.5) is 4.39 Å². The molecule has 9 heteroatoms. The normalized spacial score (nSPS) is 10.1. The van der Waals surface area contributed by atoms with Crippen LogP contribution in [0.3, 0.4) is 0 Å². The van der Waals surface area contributed by atoms with Crippen LogP contribution < -0.4 is 11.1 Å². The molecule has 1 amide bonds. The smallest absolute Gasteiger partial charge is 0.273 e. The zero-order valence-corrected chi connectivity index (χ0v) is 12.7. The molecule has 0 aliphatic carbocycles. The summed E-state index contributed by atoms with van der Waals surface area (Å²) >= 11 is 5.72. The number of benzene rings is 1. The topological polar surface area (TPSA) is 85.8 Å². The van der Waals surface area contributed by atoms with Gasteiger partial charge in [0.25, 0.3) is 5.91 Å². The number of carbonyl (C=O) groups excluding carboxylic acids is 1. The van der Waals surface area contributed by atoms with E-state index in [4.69, 9.17) is 17.3 Å². The van der Waals surface area contributed by atoms with Crippen molar-refractivity contribution in [1.29, 1.82) is 0 Å². The first-order valence-electron chi connectivity index (χ1n) is 5.90. The summed E-state index contributed by atoms with van der Waals surface area (Å²) in [5, 5.41) is 10.3. The zero-order valence-electron chi connectivity index (χ0n) is 11.1. The summed E-state index contributed by atoms with van der Waals surface area (Å²) in [5.74, 6) is -0.874. The Balaban J connectivity index is 0.00000220. The average molecular weight is 334 g/mol. The highest BCUT2D eigenvalue weighted by Gasteiger charge is 2.17. The van der Waals surface area contributed by atoms with E-state index in [1.54, 1.807) is 6.92 Å². The average Bonchev–Trinajstić information content (AvgIpc) is 2.81. The second-order valence-electron chi connectivity index (χ2n) is 4.08. The van der Waals surface area contributed by atoms with Crippen molar-refractivity contribution in [2.45, 2.75) is 6.92 Å². The molecule has 0 spiro atoms. The molecule has 3 N–H and O–H groups in total. The number of carbonyl (C=O) groups is 1. The second-order valence-corrected chi connectivity index (χ2v) is 4.49. The van der Waals surface area contributed by atoms with Gasteiger partial charge in [-0.2, -0.15) is 0 Å². The summed E-state index contributed by atoms with van der Waals surface area (Å²) in [6.07, 6.45) is 0. The maximum atomic E-state index is 13.1. The molecule has 6 nitrogen and oxygen atoms in total. The zero-order chi connectivity index (χ0) is 14.7. The SMILES string of the molecule is Cc1c(C(=O)NCCN)nnn1-c1ccc(F)c(Cl)c1.Cl. The van der Waals surface area contributed by atoms with Crippen molar-refractivity contribution in [3.8, 4) is 5.69 Å². The fourth-order valence-corrected chi connectivity index (χ4v) is 1.85. The van der Waals surface area contributed by atoms with E-state index in [0.29, 0.717) is 24.5 Å². The lowest BCUT2D eigenvalue weighted by atomic mass is 10.2. The summed E-state index contributed by atoms with van der Waals surface area (Å²) < 4.78 is 14.6. The van der Waals surface area contributed by atoms with E-state index < -0.39 is 5.82 Å². The van der Waals surface area contributed by atoms with Crippen LogP contribution >= 0.6 is 24.0 Å². The van der Waals surface area contributed by atoms with Crippen LogP contribution in [0.1, 0.15) is 16.2 Å². The largest absolute Gasteiger partial charge is 0.349 e. The minimum atomic E-state index is -0.519. The Bertz CT molecular complexity index is 647. The molecule has 0 bridgehead atoms. The molecule has 0 radical (unpaired) electrons. The van der Waals surface area contributed by atoms with Gasteiger partial charge < -0.3 is 11.1 Å². The van der Waals surface area contributed by atoms with Crippen molar-refractivity contribution >= 4 is 29.9 Å². The predicted octanol–water partition coefficient (Wildman–Crippen LogP) is 1.48. The van der Waals surface area contributed by atoms with Crippen molar-refractivity contribution in [3.63, 3.8) is 0 Å².